The monoisotopic (exact) mass is 254 g/mol. The van der Waals surface area contributed by atoms with Gasteiger partial charge in [0, 0.05) is 12.6 Å². The Morgan fingerprint density at radius 2 is 1.76 bits per heavy atom. The van der Waals surface area contributed by atoms with Crippen LogP contribution in [0.2, 0.25) is 0 Å². The molecule has 2 rings (SSSR count). The van der Waals surface area contributed by atoms with Crippen LogP contribution in [-0.4, -0.2) is 23.5 Å². The van der Waals surface area contributed by atoms with Crippen LogP contribution in [0.4, 0.5) is 0 Å². The third-order valence-corrected chi connectivity index (χ3v) is 4.23. The standard InChI is InChI=1S/C13H22N2OS/c16-12(13(17)15-11-7-4-8-11)14-9-10-5-2-1-3-6-10/h10-11H,1-9H2,(H,14,16)(H,15,17). The van der Waals surface area contributed by atoms with Crippen LogP contribution in [0, 0.1) is 5.92 Å². The van der Waals surface area contributed by atoms with Crippen molar-refractivity contribution in [3.05, 3.63) is 0 Å². The summed E-state index contributed by atoms with van der Waals surface area (Å²) in [5, 5.41) is 6.09. The van der Waals surface area contributed by atoms with Crippen LogP contribution >= 0.6 is 12.2 Å². The van der Waals surface area contributed by atoms with E-state index in [-0.39, 0.29) is 5.91 Å². The Morgan fingerprint density at radius 1 is 1.06 bits per heavy atom. The highest BCUT2D eigenvalue weighted by Crippen LogP contribution is 2.22. The minimum absolute atomic E-state index is 0.0857. The molecule has 96 valence electrons. The quantitative estimate of drug-likeness (QED) is 0.758. The molecular weight excluding hydrogens is 232 g/mol. The highest BCUT2D eigenvalue weighted by Gasteiger charge is 2.21. The summed E-state index contributed by atoms with van der Waals surface area (Å²) in [5.41, 5.74) is 0. The van der Waals surface area contributed by atoms with E-state index < -0.39 is 0 Å². The number of carbonyl (C=O) groups is 1. The topological polar surface area (TPSA) is 41.1 Å². The van der Waals surface area contributed by atoms with Crippen molar-refractivity contribution in [3.63, 3.8) is 0 Å². The first kappa shape index (κ1) is 12.8. The number of carbonyl (C=O) groups excluding carboxylic acids is 1. The summed E-state index contributed by atoms with van der Waals surface area (Å²) < 4.78 is 0. The minimum atomic E-state index is -0.0857. The van der Waals surface area contributed by atoms with Crippen molar-refractivity contribution >= 4 is 23.1 Å². The molecule has 0 heterocycles. The molecule has 2 aliphatic rings. The normalized spacial score (nSPS) is 21.6. The zero-order valence-corrected chi connectivity index (χ0v) is 11.2. The van der Waals surface area contributed by atoms with Gasteiger partial charge in [-0.05, 0) is 38.0 Å². The Kier molecular flexibility index (Phi) is 4.77. The third-order valence-electron chi connectivity index (χ3n) is 3.92. The molecule has 0 aliphatic heterocycles. The number of nitrogens with one attached hydrogen (secondary N) is 2. The van der Waals surface area contributed by atoms with Gasteiger partial charge in [-0.1, -0.05) is 31.5 Å². The van der Waals surface area contributed by atoms with Crippen LogP contribution < -0.4 is 10.6 Å². The molecule has 2 aliphatic carbocycles. The molecule has 1 amide bonds. The van der Waals surface area contributed by atoms with E-state index in [0.29, 0.717) is 16.9 Å². The first-order valence-corrected chi connectivity index (χ1v) is 7.25. The number of rotatable bonds is 3. The SMILES string of the molecule is O=C(NCC1CCCCC1)C(=S)NC1CCC1. The predicted octanol–water partition coefficient (Wildman–Crippen LogP) is 2.15. The lowest BCUT2D eigenvalue weighted by atomic mass is 9.89. The van der Waals surface area contributed by atoms with Crippen LogP contribution in [-0.2, 0) is 4.79 Å². The van der Waals surface area contributed by atoms with E-state index in [2.05, 4.69) is 10.6 Å². The van der Waals surface area contributed by atoms with Gasteiger partial charge in [0.15, 0.2) is 4.99 Å². The van der Waals surface area contributed by atoms with E-state index in [0.717, 1.165) is 19.4 Å². The van der Waals surface area contributed by atoms with Crippen LogP contribution in [0.25, 0.3) is 0 Å². The fraction of sp³-hybridized carbons (Fsp3) is 0.846. The summed E-state index contributed by atoms with van der Waals surface area (Å²) in [4.78, 5) is 12.1. The Morgan fingerprint density at radius 3 is 2.35 bits per heavy atom. The lowest BCUT2D eigenvalue weighted by molar-refractivity contribution is -0.115. The molecular formula is C13H22N2OS. The van der Waals surface area contributed by atoms with Gasteiger partial charge in [0.25, 0.3) is 5.91 Å². The highest BCUT2D eigenvalue weighted by atomic mass is 32.1. The lowest BCUT2D eigenvalue weighted by Crippen LogP contribution is -2.46. The van der Waals surface area contributed by atoms with Gasteiger partial charge in [-0.25, -0.2) is 0 Å². The van der Waals surface area contributed by atoms with Crippen LogP contribution in [0.5, 0.6) is 0 Å². The zero-order valence-electron chi connectivity index (χ0n) is 10.3. The molecule has 0 atom stereocenters. The fourth-order valence-electron chi connectivity index (χ4n) is 2.51. The number of amides is 1. The van der Waals surface area contributed by atoms with E-state index in [4.69, 9.17) is 12.2 Å². The van der Waals surface area contributed by atoms with Gasteiger partial charge in [-0.3, -0.25) is 4.79 Å². The Balaban J connectivity index is 1.63. The van der Waals surface area contributed by atoms with Crippen molar-refractivity contribution in [2.24, 2.45) is 5.92 Å². The minimum Gasteiger partial charge on any atom is -0.369 e. The first-order chi connectivity index (χ1) is 8.25. The second kappa shape index (κ2) is 6.34. The second-order valence-electron chi connectivity index (χ2n) is 5.32. The van der Waals surface area contributed by atoms with Crippen LogP contribution in [0.3, 0.4) is 0 Å². The van der Waals surface area contributed by atoms with Gasteiger partial charge in [0.2, 0.25) is 0 Å². The van der Waals surface area contributed by atoms with Gasteiger partial charge in [0.05, 0.1) is 0 Å². The number of thiocarbonyl (C=S) groups is 1. The molecule has 2 fully saturated rings. The predicted molar refractivity (Wildman–Crippen MR) is 73.0 cm³/mol. The molecule has 0 unspecified atom stereocenters. The summed E-state index contributed by atoms with van der Waals surface area (Å²) in [5.74, 6) is 0.580. The smallest absolute Gasteiger partial charge is 0.278 e. The molecule has 0 saturated heterocycles. The summed E-state index contributed by atoms with van der Waals surface area (Å²) in [6, 6.07) is 0.447. The third kappa shape index (κ3) is 3.95. The van der Waals surface area contributed by atoms with Gasteiger partial charge < -0.3 is 10.6 Å². The molecule has 0 aromatic carbocycles. The van der Waals surface area contributed by atoms with Gasteiger partial charge >= 0.3 is 0 Å². The van der Waals surface area contributed by atoms with Crippen LogP contribution in [0.15, 0.2) is 0 Å². The largest absolute Gasteiger partial charge is 0.369 e. The first-order valence-electron chi connectivity index (χ1n) is 6.84. The van der Waals surface area contributed by atoms with E-state index in [1.807, 2.05) is 0 Å². The molecule has 3 nitrogen and oxygen atoms in total. The molecule has 2 N–H and O–H groups in total. The Bertz CT molecular complexity index is 283. The van der Waals surface area contributed by atoms with Gasteiger partial charge in [0.1, 0.15) is 0 Å². The maximum atomic E-state index is 11.7. The molecule has 0 aromatic heterocycles. The van der Waals surface area contributed by atoms with Crippen molar-refractivity contribution in [2.45, 2.75) is 57.4 Å². The number of hydrogen-bond donors (Lipinski definition) is 2. The van der Waals surface area contributed by atoms with Crippen molar-refractivity contribution in [1.29, 1.82) is 0 Å². The maximum Gasteiger partial charge on any atom is 0.278 e. The summed E-state index contributed by atoms with van der Waals surface area (Å²) in [6.07, 6.45) is 10.0. The molecule has 17 heavy (non-hydrogen) atoms. The fourth-order valence-corrected chi connectivity index (χ4v) is 2.75. The molecule has 0 bridgehead atoms. The van der Waals surface area contributed by atoms with E-state index in [1.54, 1.807) is 0 Å². The zero-order chi connectivity index (χ0) is 12.1. The summed E-state index contributed by atoms with van der Waals surface area (Å²) in [7, 11) is 0. The molecule has 2 saturated carbocycles. The van der Waals surface area contributed by atoms with Crippen molar-refractivity contribution in [3.8, 4) is 0 Å². The molecule has 4 heteroatoms. The molecule has 0 spiro atoms. The van der Waals surface area contributed by atoms with Gasteiger partial charge in [-0.15, -0.1) is 0 Å². The number of hydrogen-bond acceptors (Lipinski definition) is 2. The van der Waals surface area contributed by atoms with Crippen molar-refractivity contribution < 1.29 is 4.79 Å². The Labute approximate surface area is 109 Å². The molecule has 0 aromatic rings. The van der Waals surface area contributed by atoms with E-state index in [1.165, 1.54) is 38.5 Å². The lowest BCUT2D eigenvalue weighted by Gasteiger charge is -2.27. The van der Waals surface area contributed by atoms with Crippen molar-refractivity contribution in [1.82, 2.24) is 10.6 Å². The maximum absolute atomic E-state index is 11.7. The average molecular weight is 254 g/mol. The summed E-state index contributed by atoms with van der Waals surface area (Å²) >= 11 is 5.10. The Hall–Kier alpha value is -0.640. The second-order valence-corrected chi connectivity index (χ2v) is 5.72. The average Bonchev–Trinajstić information content (AvgIpc) is 2.32. The molecule has 0 radical (unpaired) electrons. The van der Waals surface area contributed by atoms with Gasteiger partial charge in [-0.2, -0.15) is 0 Å². The van der Waals surface area contributed by atoms with Crippen molar-refractivity contribution in [2.75, 3.05) is 6.54 Å². The summed E-state index contributed by atoms with van der Waals surface area (Å²) in [6.45, 7) is 0.797. The van der Waals surface area contributed by atoms with Crippen LogP contribution in [0.1, 0.15) is 51.4 Å². The van der Waals surface area contributed by atoms with E-state index in [9.17, 15) is 4.79 Å². The van der Waals surface area contributed by atoms with E-state index >= 15 is 0 Å². The highest BCUT2D eigenvalue weighted by molar-refractivity contribution is 7.82.